The zero-order valence-corrected chi connectivity index (χ0v) is 32.2. The molecule has 2 aliphatic rings. The molecule has 268 valence electrons. The zero-order valence-electron chi connectivity index (χ0n) is 31.4. The molecule has 1 aliphatic heterocycles. The van der Waals surface area contributed by atoms with Crippen LogP contribution in [-0.4, -0.2) is 0 Å². The van der Waals surface area contributed by atoms with Crippen molar-refractivity contribution in [2.24, 2.45) is 0 Å². The van der Waals surface area contributed by atoms with Gasteiger partial charge in [-0.15, -0.1) is 0 Å². The maximum atomic E-state index is 10.5. The molecule has 0 saturated heterocycles. The second-order valence-electron chi connectivity index (χ2n) is 15.4. The molecular weight excluding hydrogens is 719 g/mol. The van der Waals surface area contributed by atoms with Crippen LogP contribution in [0.4, 0.5) is 0 Å². The van der Waals surface area contributed by atoms with E-state index in [1.165, 1.54) is 97.7 Å². The normalized spacial score (nSPS) is 14.9. The molecule has 0 radical (unpaired) electrons. The summed E-state index contributed by atoms with van der Waals surface area (Å²) in [5.41, 5.74) is 14.6. The fourth-order valence-corrected chi connectivity index (χ4v) is 11.6. The van der Waals surface area contributed by atoms with Gasteiger partial charge < -0.3 is 0 Å². The van der Waals surface area contributed by atoms with Crippen molar-refractivity contribution in [1.29, 1.82) is 5.26 Å². The molecule has 2 heteroatoms. The Hall–Kier alpha value is -7.18. The van der Waals surface area contributed by atoms with Crippen molar-refractivity contribution >= 4 is 44.1 Å². The van der Waals surface area contributed by atoms with Crippen LogP contribution >= 0.6 is 11.8 Å². The SMILES string of the molecule is N#Cc1cccc2c1-c1ccccc1C21c2ccccc2Sc2c(-c3c4ccccc4c(-c4cc(-c5ccccc5)cc5ccccc45)c4ccccc34)cccc21. The molecule has 0 amide bonds. The first-order chi connectivity index (χ1) is 28.8. The topological polar surface area (TPSA) is 23.8 Å². The van der Waals surface area contributed by atoms with Crippen molar-refractivity contribution in [2.45, 2.75) is 15.2 Å². The lowest BCUT2D eigenvalue weighted by Gasteiger charge is -2.40. The van der Waals surface area contributed by atoms with Gasteiger partial charge in [-0.25, -0.2) is 0 Å². The summed E-state index contributed by atoms with van der Waals surface area (Å²) < 4.78 is 0. The molecule has 58 heavy (non-hydrogen) atoms. The van der Waals surface area contributed by atoms with E-state index in [2.05, 4.69) is 200 Å². The van der Waals surface area contributed by atoms with Crippen LogP contribution < -0.4 is 0 Å². The lowest BCUT2D eigenvalue weighted by atomic mass is 9.66. The van der Waals surface area contributed by atoms with E-state index >= 15 is 0 Å². The molecule has 1 unspecified atom stereocenters. The molecule has 10 aromatic carbocycles. The second kappa shape index (κ2) is 12.7. The summed E-state index contributed by atoms with van der Waals surface area (Å²) in [5.74, 6) is 0. The van der Waals surface area contributed by atoms with Crippen molar-refractivity contribution < 1.29 is 0 Å². The summed E-state index contributed by atoms with van der Waals surface area (Å²) in [7, 11) is 0. The largest absolute Gasteiger partial charge is 0.192 e. The summed E-state index contributed by atoms with van der Waals surface area (Å²) in [5, 5.41) is 17.9. The highest BCUT2D eigenvalue weighted by Gasteiger charge is 2.51. The van der Waals surface area contributed by atoms with Crippen LogP contribution in [0, 0.1) is 11.3 Å². The average Bonchev–Trinajstić information content (AvgIpc) is 3.59. The number of fused-ring (bicyclic) bond motifs is 12. The predicted octanol–water partition coefficient (Wildman–Crippen LogP) is 14.8. The smallest absolute Gasteiger partial charge is 0.0998 e. The van der Waals surface area contributed by atoms with Gasteiger partial charge in [-0.2, -0.15) is 5.26 Å². The van der Waals surface area contributed by atoms with Gasteiger partial charge in [0.05, 0.1) is 17.0 Å². The standard InChI is InChI=1S/C56H33NS/c57-34-37-19-14-29-49-52(37)44-25-10-11-27-47(44)56(49)48-28-12-13-31-51(48)58-55-45(26-15-30-50(55)56)53-40-21-6-8-23-42(40)54(43-24-9-7-22-41(43)53)46-33-38(35-16-2-1-3-17-35)32-36-18-4-5-20-39(36)46/h1-33H. The number of nitriles is 1. The molecule has 1 heterocycles. The van der Waals surface area contributed by atoms with Crippen molar-refractivity contribution in [2.75, 3.05) is 0 Å². The fraction of sp³-hybridized carbons (Fsp3) is 0.0179. The average molecular weight is 752 g/mol. The maximum absolute atomic E-state index is 10.5. The quantitative estimate of drug-likeness (QED) is 0.168. The molecule has 10 aromatic rings. The third kappa shape index (κ3) is 4.48. The fourth-order valence-electron chi connectivity index (χ4n) is 10.3. The Balaban J connectivity index is 1.20. The van der Waals surface area contributed by atoms with E-state index < -0.39 is 5.41 Å². The van der Waals surface area contributed by atoms with Gasteiger partial charge in [0.2, 0.25) is 0 Å². The molecule has 0 saturated carbocycles. The van der Waals surface area contributed by atoms with Crippen molar-refractivity contribution in [3.05, 3.63) is 228 Å². The summed E-state index contributed by atoms with van der Waals surface area (Å²) in [6.07, 6.45) is 0. The van der Waals surface area contributed by atoms with Gasteiger partial charge in [0.15, 0.2) is 0 Å². The maximum Gasteiger partial charge on any atom is 0.0998 e. The van der Waals surface area contributed by atoms with E-state index in [-0.39, 0.29) is 0 Å². The molecule has 1 atom stereocenters. The van der Waals surface area contributed by atoms with Crippen LogP contribution in [-0.2, 0) is 5.41 Å². The monoisotopic (exact) mass is 751 g/mol. The minimum Gasteiger partial charge on any atom is -0.192 e. The van der Waals surface area contributed by atoms with E-state index in [0.29, 0.717) is 5.56 Å². The number of nitrogens with zero attached hydrogens (tertiary/aromatic N) is 1. The van der Waals surface area contributed by atoms with Crippen LogP contribution in [0.15, 0.2) is 210 Å². The van der Waals surface area contributed by atoms with Crippen LogP contribution in [0.3, 0.4) is 0 Å². The van der Waals surface area contributed by atoms with Crippen LogP contribution in [0.2, 0.25) is 0 Å². The molecule has 1 aliphatic carbocycles. The first kappa shape index (κ1) is 33.0. The van der Waals surface area contributed by atoms with Gasteiger partial charge in [0.1, 0.15) is 0 Å². The number of hydrogen-bond acceptors (Lipinski definition) is 2. The lowest BCUT2D eigenvalue weighted by Crippen LogP contribution is -2.32. The van der Waals surface area contributed by atoms with Crippen molar-refractivity contribution in [1.82, 2.24) is 0 Å². The van der Waals surface area contributed by atoms with Crippen molar-refractivity contribution in [3.8, 4) is 50.6 Å². The van der Waals surface area contributed by atoms with Crippen LogP contribution in [0.5, 0.6) is 0 Å². The lowest BCUT2D eigenvalue weighted by molar-refractivity contribution is 0.723. The van der Waals surface area contributed by atoms with Gasteiger partial charge in [-0.3, -0.25) is 0 Å². The van der Waals surface area contributed by atoms with E-state index in [0.717, 1.165) is 11.1 Å². The van der Waals surface area contributed by atoms with Gasteiger partial charge in [0, 0.05) is 15.4 Å². The highest BCUT2D eigenvalue weighted by molar-refractivity contribution is 7.99. The highest BCUT2D eigenvalue weighted by atomic mass is 32.2. The molecule has 0 bridgehead atoms. The van der Waals surface area contributed by atoms with E-state index in [1.54, 1.807) is 0 Å². The minimum absolute atomic E-state index is 0.589. The molecule has 1 nitrogen and oxygen atoms in total. The first-order valence-corrected chi connectivity index (χ1v) is 20.6. The van der Waals surface area contributed by atoms with E-state index in [4.69, 9.17) is 0 Å². The van der Waals surface area contributed by atoms with Gasteiger partial charge >= 0.3 is 0 Å². The Bertz CT molecular complexity index is 3330. The Labute approximate surface area is 341 Å². The zero-order chi connectivity index (χ0) is 38.4. The minimum atomic E-state index is -0.589. The van der Waals surface area contributed by atoms with Crippen LogP contribution in [0.25, 0.3) is 76.8 Å². The Kier molecular flexibility index (Phi) is 7.21. The van der Waals surface area contributed by atoms with Gasteiger partial charge in [0.25, 0.3) is 0 Å². The predicted molar refractivity (Wildman–Crippen MR) is 241 cm³/mol. The number of benzene rings is 10. The molecule has 1 spiro atoms. The Morgan fingerprint density at radius 3 is 1.67 bits per heavy atom. The molecular formula is C56H33NS. The summed E-state index contributed by atoms with van der Waals surface area (Å²) in [6, 6.07) is 75.7. The van der Waals surface area contributed by atoms with Crippen molar-refractivity contribution in [3.63, 3.8) is 0 Å². The molecule has 0 N–H and O–H groups in total. The second-order valence-corrected chi connectivity index (χ2v) is 16.4. The van der Waals surface area contributed by atoms with Gasteiger partial charge in [-0.05, 0) is 118 Å². The van der Waals surface area contributed by atoms with Gasteiger partial charge in [-0.1, -0.05) is 188 Å². The summed E-state index contributed by atoms with van der Waals surface area (Å²) >= 11 is 1.88. The third-order valence-electron chi connectivity index (χ3n) is 12.6. The summed E-state index contributed by atoms with van der Waals surface area (Å²) in [4.78, 5) is 2.49. The first-order valence-electron chi connectivity index (χ1n) is 19.8. The van der Waals surface area contributed by atoms with Crippen LogP contribution in [0.1, 0.15) is 27.8 Å². The molecule has 12 rings (SSSR count). The molecule has 0 fully saturated rings. The number of hydrogen-bond donors (Lipinski definition) is 0. The van der Waals surface area contributed by atoms with E-state index in [1.807, 2.05) is 17.8 Å². The van der Waals surface area contributed by atoms with E-state index in [9.17, 15) is 5.26 Å². The number of rotatable bonds is 3. The Morgan fingerprint density at radius 1 is 0.379 bits per heavy atom. The highest BCUT2D eigenvalue weighted by Crippen LogP contribution is 2.64. The Morgan fingerprint density at radius 2 is 0.931 bits per heavy atom. The third-order valence-corrected chi connectivity index (χ3v) is 13.8. The summed E-state index contributed by atoms with van der Waals surface area (Å²) in [6.45, 7) is 0. The molecule has 0 aromatic heterocycles.